The van der Waals surface area contributed by atoms with Crippen LogP contribution in [0, 0.1) is 11.3 Å². The molecule has 16 heavy (non-hydrogen) atoms. The zero-order valence-electron chi connectivity index (χ0n) is 8.06. The molecule has 6 heteroatoms. The van der Waals surface area contributed by atoms with Crippen LogP contribution in [0.4, 0.5) is 0 Å². The molecule has 2 heterocycles. The predicted octanol–water partition coefficient (Wildman–Crippen LogP) is 2.50. The molecule has 0 atom stereocenters. The number of rotatable bonds is 2. The van der Waals surface area contributed by atoms with E-state index in [0.717, 1.165) is 0 Å². The first-order valence-electron chi connectivity index (χ1n) is 4.43. The van der Waals surface area contributed by atoms with E-state index in [-0.39, 0.29) is 0 Å². The summed E-state index contributed by atoms with van der Waals surface area (Å²) in [5.74, 6) is 0.317. The summed E-state index contributed by atoms with van der Waals surface area (Å²) in [6.45, 7) is 0.377. The van der Waals surface area contributed by atoms with Crippen molar-refractivity contribution in [3.63, 3.8) is 0 Å². The van der Waals surface area contributed by atoms with Gasteiger partial charge < -0.3 is 4.57 Å². The van der Waals surface area contributed by atoms with Crippen LogP contribution in [0.25, 0.3) is 0 Å². The molecule has 80 valence electrons. The molecule has 2 rings (SSSR count). The van der Waals surface area contributed by atoms with Crippen LogP contribution in [-0.4, -0.2) is 14.5 Å². The zero-order chi connectivity index (χ0) is 11.5. The van der Waals surface area contributed by atoms with Gasteiger partial charge >= 0.3 is 0 Å². The average molecular weight is 253 g/mol. The molecule has 0 aliphatic rings. The van der Waals surface area contributed by atoms with Crippen molar-refractivity contribution < 1.29 is 0 Å². The topological polar surface area (TPSA) is 54.5 Å². The number of nitriles is 1. The third kappa shape index (κ3) is 2.16. The molecular weight excluding hydrogens is 247 g/mol. The van der Waals surface area contributed by atoms with Gasteiger partial charge in [0.05, 0.1) is 17.3 Å². The highest BCUT2D eigenvalue weighted by atomic mass is 35.5. The van der Waals surface area contributed by atoms with Crippen molar-refractivity contribution in [3.8, 4) is 6.07 Å². The molecule has 0 saturated carbocycles. The smallest absolute Gasteiger partial charge is 0.213 e. The molecule has 2 aromatic rings. The third-order valence-electron chi connectivity index (χ3n) is 2.02. The highest BCUT2D eigenvalue weighted by Gasteiger charge is 2.07. The van der Waals surface area contributed by atoms with E-state index in [4.69, 9.17) is 28.5 Å². The number of pyridine rings is 1. The van der Waals surface area contributed by atoms with Crippen LogP contribution in [-0.2, 0) is 6.54 Å². The van der Waals surface area contributed by atoms with Crippen LogP contribution < -0.4 is 0 Å². The van der Waals surface area contributed by atoms with Crippen LogP contribution in [0.3, 0.4) is 0 Å². The third-order valence-corrected chi connectivity index (χ3v) is 2.57. The van der Waals surface area contributed by atoms with Crippen molar-refractivity contribution >= 4 is 23.2 Å². The molecule has 0 aromatic carbocycles. The molecule has 0 radical (unpaired) electrons. The van der Waals surface area contributed by atoms with Gasteiger partial charge in [-0.2, -0.15) is 5.26 Å². The van der Waals surface area contributed by atoms with Gasteiger partial charge in [-0.15, -0.1) is 0 Å². The second-order valence-electron chi connectivity index (χ2n) is 3.05. The van der Waals surface area contributed by atoms with E-state index < -0.39 is 0 Å². The van der Waals surface area contributed by atoms with E-state index in [9.17, 15) is 0 Å². The fourth-order valence-corrected chi connectivity index (χ4v) is 1.61. The van der Waals surface area contributed by atoms with E-state index in [0.29, 0.717) is 28.2 Å². The molecule has 0 bridgehead atoms. The maximum Gasteiger partial charge on any atom is 0.213 e. The van der Waals surface area contributed by atoms with E-state index in [1.165, 1.54) is 0 Å². The second-order valence-corrected chi connectivity index (χ2v) is 3.85. The summed E-state index contributed by atoms with van der Waals surface area (Å²) >= 11 is 11.7. The lowest BCUT2D eigenvalue weighted by molar-refractivity contribution is 0.760. The van der Waals surface area contributed by atoms with Crippen molar-refractivity contribution in [3.05, 3.63) is 46.2 Å². The first kappa shape index (κ1) is 10.9. The summed E-state index contributed by atoms with van der Waals surface area (Å²) in [6, 6.07) is 5.27. The van der Waals surface area contributed by atoms with E-state index in [2.05, 4.69) is 9.97 Å². The summed E-state index contributed by atoms with van der Waals surface area (Å²) in [5, 5.41) is 9.69. The SMILES string of the molecule is N#Cc1nccn1Cc1nc(Cl)ccc1Cl. The Morgan fingerprint density at radius 2 is 2.19 bits per heavy atom. The lowest BCUT2D eigenvalue weighted by atomic mass is 10.3. The first-order valence-corrected chi connectivity index (χ1v) is 5.18. The van der Waals surface area contributed by atoms with Gasteiger partial charge in [-0.3, -0.25) is 0 Å². The van der Waals surface area contributed by atoms with Gasteiger partial charge in [-0.1, -0.05) is 23.2 Å². The van der Waals surface area contributed by atoms with Crippen molar-refractivity contribution in [2.45, 2.75) is 6.54 Å². The molecule has 4 nitrogen and oxygen atoms in total. The Labute approximate surface area is 102 Å². The maximum atomic E-state index is 8.80. The Bertz CT molecular complexity index is 556. The van der Waals surface area contributed by atoms with Crippen molar-refractivity contribution in [1.82, 2.24) is 14.5 Å². The normalized spacial score (nSPS) is 10.1. The molecule has 0 N–H and O–H groups in total. The van der Waals surface area contributed by atoms with Gasteiger partial charge in [0.2, 0.25) is 5.82 Å². The molecule has 2 aromatic heterocycles. The predicted molar refractivity (Wildman–Crippen MR) is 60.3 cm³/mol. The van der Waals surface area contributed by atoms with Crippen molar-refractivity contribution in [2.24, 2.45) is 0 Å². The zero-order valence-corrected chi connectivity index (χ0v) is 9.57. The molecular formula is C10H6Cl2N4. The Kier molecular flexibility index (Phi) is 3.09. The van der Waals surface area contributed by atoms with Crippen LogP contribution in [0.5, 0.6) is 0 Å². The standard InChI is InChI=1S/C10H6Cl2N4/c11-7-1-2-9(12)15-8(7)6-16-4-3-14-10(16)5-13/h1-4H,6H2. The molecule has 0 unspecified atom stereocenters. The van der Waals surface area contributed by atoms with Crippen LogP contribution in [0.1, 0.15) is 11.5 Å². The highest BCUT2D eigenvalue weighted by molar-refractivity contribution is 6.32. The van der Waals surface area contributed by atoms with E-state index in [1.54, 1.807) is 29.1 Å². The van der Waals surface area contributed by atoms with Gasteiger partial charge in [-0.05, 0) is 12.1 Å². The van der Waals surface area contributed by atoms with Crippen LogP contribution in [0.15, 0.2) is 24.5 Å². The van der Waals surface area contributed by atoms with Crippen LogP contribution in [0.2, 0.25) is 10.2 Å². The van der Waals surface area contributed by atoms with Crippen LogP contribution >= 0.6 is 23.2 Å². The fraction of sp³-hybridized carbons (Fsp3) is 0.100. The van der Waals surface area contributed by atoms with Crippen molar-refractivity contribution in [1.29, 1.82) is 5.26 Å². The lowest BCUT2D eigenvalue weighted by Crippen LogP contribution is -2.04. The van der Waals surface area contributed by atoms with Gasteiger partial charge in [-0.25, -0.2) is 9.97 Å². The lowest BCUT2D eigenvalue weighted by Gasteiger charge is -2.05. The highest BCUT2D eigenvalue weighted by Crippen LogP contribution is 2.18. The second kappa shape index (κ2) is 4.52. The number of aromatic nitrogens is 3. The number of hydrogen-bond donors (Lipinski definition) is 0. The minimum Gasteiger partial charge on any atom is -0.317 e. The minimum absolute atomic E-state index is 0.317. The fourth-order valence-electron chi connectivity index (χ4n) is 1.28. The number of halogens is 2. The van der Waals surface area contributed by atoms with Gasteiger partial charge in [0.1, 0.15) is 11.2 Å². The monoisotopic (exact) mass is 252 g/mol. The number of nitrogens with zero attached hydrogens (tertiary/aromatic N) is 4. The molecule has 0 aliphatic heterocycles. The van der Waals surface area contributed by atoms with Crippen molar-refractivity contribution in [2.75, 3.05) is 0 Å². The van der Waals surface area contributed by atoms with E-state index in [1.807, 2.05) is 6.07 Å². The summed E-state index contributed by atoms with van der Waals surface area (Å²) in [7, 11) is 0. The molecule has 0 amide bonds. The molecule has 0 spiro atoms. The van der Waals surface area contributed by atoms with E-state index >= 15 is 0 Å². The summed E-state index contributed by atoms with van der Waals surface area (Å²) < 4.78 is 1.66. The number of hydrogen-bond acceptors (Lipinski definition) is 3. The Hall–Kier alpha value is -1.57. The first-order chi connectivity index (χ1) is 7.70. The van der Waals surface area contributed by atoms with Gasteiger partial charge in [0, 0.05) is 12.4 Å². The maximum absolute atomic E-state index is 8.80. The molecule has 0 saturated heterocycles. The van der Waals surface area contributed by atoms with Gasteiger partial charge in [0.15, 0.2) is 0 Å². The Balaban J connectivity index is 2.34. The quantitative estimate of drug-likeness (QED) is 0.772. The largest absolute Gasteiger partial charge is 0.317 e. The average Bonchev–Trinajstić information content (AvgIpc) is 2.71. The summed E-state index contributed by atoms with van der Waals surface area (Å²) in [6.07, 6.45) is 3.24. The minimum atomic E-state index is 0.317. The molecule has 0 fully saturated rings. The summed E-state index contributed by atoms with van der Waals surface area (Å²) in [5.41, 5.74) is 0.615. The Morgan fingerprint density at radius 3 is 2.94 bits per heavy atom. The summed E-state index contributed by atoms with van der Waals surface area (Å²) in [4.78, 5) is 7.98. The molecule has 0 aliphatic carbocycles. The Morgan fingerprint density at radius 1 is 1.38 bits per heavy atom. The number of imidazole rings is 1. The van der Waals surface area contributed by atoms with Gasteiger partial charge in [0.25, 0.3) is 0 Å².